The van der Waals surface area contributed by atoms with Crippen LogP contribution >= 0.6 is 0 Å². The molecule has 1 aromatic heterocycles. The summed E-state index contributed by atoms with van der Waals surface area (Å²) in [7, 11) is 0. The number of aromatic nitrogens is 2. The number of nitrogens with one attached hydrogen (secondary N) is 2. The van der Waals surface area contributed by atoms with E-state index >= 15 is 0 Å². The molecule has 0 radical (unpaired) electrons. The quantitative estimate of drug-likeness (QED) is 0.693. The van der Waals surface area contributed by atoms with Gasteiger partial charge in [0.15, 0.2) is 6.29 Å². The van der Waals surface area contributed by atoms with Gasteiger partial charge < -0.3 is 20.1 Å². The Hall–Kier alpha value is -2.72. The molecule has 2 heterocycles. The minimum Gasteiger partial charge on any atom is -0.365 e. The Kier molecular flexibility index (Phi) is 6.10. The Morgan fingerprint density at radius 1 is 1.19 bits per heavy atom. The van der Waals surface area contributed by atoms with E-state index in [1.54, 1.807) is 13.0 Å². The van der Waals surface area contributed by atoms with E-state index in [0.717, 1.165) is 25.0 Å². The lowest BCUT2D eigenvalue weighted by atomic mass is 10.1. The van der Waals surface area contributed by atoms with Crippen LogP contribution in [0.25, 0.3) is 0 Å². The van der Waals surface area contributed by atoms with Gasteiger partial charge in [-0.05, 0) is 37.5 Å². The summed E-state index contributed by atoms with van der Waals surface area (Å²) < 4.78 is 50.3. The third kappa shape index (κ3) is 5.50. The van der Waals surface area contributed by atoms with Crippen LogP contribution in [0.4, 0.5) is 19.0 Å². The molecular formula is C21H23F3N4O3. The minimum absolute atomic E-state index is 0.0383. The fourth-order valence-electron chi connectivity index (χ4n) is 3.38. The topological polar surface area (TPSA) is 85.4 Å². The molecule has 0 atom stereocenters. The van der Waals surface area contributed by atoms with Crippen molar-refractivity contribution >= 4 is 11.7 Å². The molecule has 1 aliphatic heterocycles. The zero-order valence-corrected chi connectivity index (χ0v) is 17.0. The van der Waals surface area contributed by atoms with E-state index in [9.17, 15) is 18.0 Å². The monoisotopic (exact) mass is 436 g/mol. The molecule has 2 aliphatic rings. The Bertz CT molecular complexity index is 957. The van der Waals surface area contributed by atoms with E-state index in [-0.39, 0.29) is 24.9 Å². The van der Waals surface area contributed by atoms with Gasteiger partial charge >= 0.3 is 6.18 Å². The molecule has 1 aliphatic carbocycles. The Labute approximate surface area is 177 Å². The molecular weight excluding hydrogens is 413 g/mol. The van der Waals surface area contributed by atoms with Gasteiger partial charge in [0.2, 0.25) is 5.91 Å². The van der Waals surface area contributed by atoms with Crippen molar-refractivity contribution in [2.75, 3.05) is 18.5 Å². The molecule has 10 heteroatoms. The number of carbonyl (C=O) groups excluding carboxylic acids is 1. The summed E-state index contributed by atoms with van der Waals surface area (Å²) in [6, 6.07) is 5.30. The average Bonchev–Trinajstić information content (AvgIpc) is 3.35. The van der Waals surface area contributed by atoms with Crippen LogP contribution in [0.3, 0.4) is 0 Å². The number of ether oxygens (including phenoxy) is 2. The van der Waals surface area contributed by atoms with Crippen molar-refractivity contribution in [3.8, 4) is 0 Å². The number of hydrogen-bond acceptors (Lipinski definition) is 6. The van der Waals surface area contributed by atoms with Gasteiger partial charge in [0.25, 0.3) is 0 Å². The van der Waals surface area contributed by atoms with Crippen LogP contribution < -0.4 is 10.6 Å². The van der Waals surface area contributed by atoms with E-state index in [2.05, 4.69) is 20.6 Å². The van der Waals surface area contributed by atoms with Gasteiger partial charge in [0.1, 0.15) is 11.6 Å². The highest BCUT2D eigenvalue weighted by Crippen LogP contribution is 2.33. The van der Waals surface area contributed by atoms with Gasteiger partial charge in [0.05, 0.1) is 36.5 Å². The Morgan fingerprint density at radius 3 is 2.61 bits per heavy atom. The molecule has 2 fully saturated rings. The maximum absolute atomic E-state index is 13.0. The van der Waals surface area contributed by atoms with E-state index < -0.39 is 18.0 Å². The number of alkyl halides is 3. The number of nitrogens with zero attached hydrogens (tertiary/aromatic N) is 2. The third-order valence-electron chi connectivity index (χ3n) is 4.98. The highest BCUT2D eigenvalue weighted by molar-refractivity contribution is 5.79. The normalized spacial score (nSPS) is 17.0. The van der Waals surface area contributed by atoms with Crippen molar-refractivity contribution in [2.24, 2.45) is 0 Å². The fourth-order valence-corrected chi connectivity index (χ4v) is 3.38. The van der Waals surface area contributed by atoms with Crippen LogP contribution in [0.2, 0.25) is 0 Å². The van der Waals surface area contributed by atoms with Gasteiger partial charge in [-0.3, -0.25) is 4.79 Å². The number of amides is 1. The van der Waals surface area contributed by atoms with Crippen LogP contribution in [0.15, 0.2) is 24.3 Å². The average molecular weight is 436 g/mol. The van der Waals surface area contributed by atoms with Crippen molar-refractivity contribution in [1.29, 1.82) is 0 Å². The zero-order valence-electron chi connectivity index (χ0n) is 17.0. The number of hydrogen-bond donors (Lipinski definition) is 2. The molecule has 4 rings (SSSR count). The minimum atomic E-state index is -4.42. The van der Waals surface area contributed by atoms with Crippen molar-refractivity contribution in [1.82, 2.24) is 15.3 Å². The molecule has 1 saturated carbocycles. The number of halogens is 3. The lowest BCUT2D eigenvalue weighted by molar-refractivity contribution is -0.137. The van der Waals surface area contributed by atoms with Gasteiger partial charge in [-0.15, -0.1) is 0 Å². The highest BCUT2D eigenvalue weighted by Gasteiger charge is 2.31. The number of aryl methyl sites for hydroxylation is 1. The van der Waals surface area contributed by atoms with E-state index in [4.69, 9.17) is 9.47 Å². The summed E-state index contributed by atoms with van der Waals surface area (Å²) in [5, 5.41) is 6.01. The Morgan fingerprint density at radius 2 is 1.94 bits per heavy atom. The van der Waals surface area contributed by atoms with Gasteiger partial charge in [0, 0.05) is 12.6 Å². The molecule has 0 unspecified atom stereocenters. The van der Waals surface area contributed by atoms with Crippen LogP contribution in [-0.4, -0.2) is 35.1 Å². The predicted octanol–water partition coefficient (Wildman–Crippen LogP) is 3.28. The molecule has 0 spiro atoms. The first-order valence-corrected chi connectivity index (χ1v) is 10.1. The van der Waals surface area contributed by atoms with Crippen molar-refractivity contribution in [3.63, 3.8) is 0 Å². The van der Waals surface area contributed by atoms with Gasteiger partial charge in [-0.25, -0.2) is 9.97 Å². The number of anilines is 1. The van der Waals surface area contributed by atoms with Crippen LogP contribution in [0.5, 0.6) is 0 Å². The molecule has 0 bridgehead atoms. The first-order valence-electron chi connectivity index (χ1n) is 10.1. The van der Waals surface area contributed by atoms with Crippen LogP contribution in [0, 0.1) is 6.92 Å². The molecule has 2 aromatic rings. The molecule has 2 N–H and O–H groups in total. The Balaban J connectivity index is 1.59. The van der Waals surface area contributed by atoms with E-state index in [1.807, 2.05) is 0 Å². The second-order valence-corrected chi connectivity index (χ2v) is 7.62. The summed E-state index contributed by atoms with van der Waals surface area (Å²) in [5.74, 6) is 0.664. The molecule has 7 nitrogen and oxygen atoms in total. The summed E-state index contributed by atoms with van der Waals surface area (Å²) in [6.07, 6.45) is -3.18. The van der Waals surface area contributed by atoms with Crippen molar-refractivity contribution < 1.29 is 27.4 Å². The number of benzene rings is 1. The molecule has 1 amide bonds. The van der Waals surface area contributed by atoms with E-state index in [1.165, 1.54) is 6.07 Å². The van der Waals surface area contributed by atoms with Crippen molar-refractivity contribution in [2.45, 2.75) is 51.2 Å². The van der Waals surface area contributed by atoms with Crippen molar-refractivity contribution in [3.05, 3.63) is 52.5 Å². The number of rotatable bonds is 7. The lowest BCUT2D eigenvalue weighted by Crippen LogP contribution is -2.28. The predicted molar refractivity (Wildman–Crippen MR) is 105 cm³/mol. The fraction of sp³-hybridized carbons (Fsp3) is 0.476. The smallest absolute Gasteiger partial charge is 0.365 e. The molecule has 1 aromatic carbocycles. The third-order valence-corrected chi connectivity index (χ3v) is 4.98. The first kappa shape index (κ1) is 21.5. The maximum atomic E-state index is 13.0. The lowest BCUT2D eigenvalue weighted by Gasteiger charge is -2.19. The largest absolute Gasteiger partial charge is 0.416 e. The first-order chi connectivity index (χ1) is 14.8. The van der Waals surface area contributed by atoms with Crippen LogP contribution in [0.1, 0.15) is 47.3 Å². The molecule has 31 heavy (non-hydrogen) atoms. The summed E-state index contributed by atoms with van der Waals surface area (Å²) in [6.45, 7) is 2.57. The second kappa shape index (κ2) is 8.80. The SMILES string of the molecule is Cc1nc(CC(=O)NC2CC2)c(C2OCCO2)c(NCc2cccc(C(F)(F)F)c2)n1. The standard InChI is InChI=1S/C21H23F3N4O3/c1-12-26-16(10-17(29)28-15-5-6-15)18(20-30-7-8-31-20)19(27-12)25-11-13-3-2-4-14(9-13)21(22,23)24/h2-4,9,15,20H,5-8,10-11H2,1H3,(H,28,29)(H,25,26,27). The van der Waals surface area contributed by atoms with Crippen LogP contribution in [-0.2, 0) is 33.4 Å². The summed E-state index contributed by atoms with van der Waals surface area (Å²) >= 11 is 0. The van der Waals surface area contributed by atoms with Gasteiger partial charge in [-0.2, -0.15) is 13.2 Å². The highest BCUT2D eigenvalue weighted by atomic mass is 19.4. The molecule has 166 valence electrons. The van der Waals surface area contributed by atoms with Gasteiger partial charge in [-0.1, -0.05) is 12.1 Å². The molecule has 1 saturated heterocycles. The zero-order chi connectivity index (χ0) is 22.0. The summed E-state index contributed by atoms with van der Waals surface area (Å²) in [5.41, 5.74) is 0.703. The number of carbonyl (C=O) groups is 1. The summed E-state index contributed by atoms with van der Waals surface area (Å²) in [4.78, 5) is 21.2. The van der Waals surface area contributed by atoms with E-state index in [0.29, 0.717) is 41.7 Å². The second-order valence-electron chi connectivity index (χ2n) is 7.62. The maximum Gasteiger partial charge on any atom is 0.416 e.